The fourth-order valence-electron chi connectivity index (χ4n) is 5.17. The molecule has 0 atom stereocenters. The summed E-state index contributed by atoms with van der Waals surface area (Å²) in [4.78, 5) is 0. The first-order valence-electron chi connectivity index (χ1n) is 26.4. The third kappa shape index (κ3) is 71.0. The van der Waals surface area contributed by atoms with Gasteiger partial charge in [-0.2, -0.15) is 0 Å². The number of nitrogens with two attached hydrogens (primary N) is 1. The summed E-state index contributed by atoms with van der Waals surface area (Å²) in [5.74, 6) is 0. The summed E-state index contributed by atoms with van der Waals surface area (Å²) in [6.07, 6.45) is 1.02. The van der Waals surface area contributed by atoms with Crippen molar-refractivity contribution in [3.8, 4) is 0 Å². The van der Waals surface area contributed by atoms with E-state index >= 15 is 0 Å². The quantitative estimate of drug-likeness (QED) is 0.0827. The summed E-state index contributed by atoms with van der Waals surface area (Å²) in [7, 11) is 0. The first kappa shape index (κ1) is 72.0. The minimum Gasteiger partial charge on any atom is -0.379 e. The molecule has 0 aromatic heterocycles. The molecule has 0 rings (SSSR count). The van der Waals surface area contributed by atoms with Crippen LogP contribution >= 0.6 is 0 Å². The van der Waals surface area contributed by atoms with Gasteiger partial charge in [0.2, 0.25) is 0 Å². The van der Waals surface area contributed by atoms with Crippen LogP contribution in [0.1, 0.15) is 13.3 Å². The fraction of sp³-hybridized carbons (Fsp3) is 1.00. The van der Waals surface area contributed by atoms with Crippen LogP contribution in [0.2, 0.25) is 0 Å². The molecule has 0 aliphatic carbocycles. The van der Waals surface area contributed by atoms with Crippen LogP contribution in [0.15, 0.2) is 0 Å². The Balaban J connectivity index is 3.07. The van der Waals surface area contributed by atoms with Gasteiger partial charge in [-0.3, -0.25) is 0 Å². The lowest BCUT2D eigenvalue weighted by Gasteiger charge is -2.09. The Morgan fingerprint density at radius 2 is 0.219 bits per heavy atom. The monoisotopic (exact) mass is 1070 g/mol. The van der Waals surface area contributed by atoms with E-state index in [1.807, 2.05) is 0 Å². The number of ether oxygens (including phenoxy) is 23. The van der Waals surface area contributed by atoms with Crippen molar-refractivity contribution in [1.29, 1.82) is 0 Å². The maximum atomic E-state index is 5.52. The Morgan fingerprint density at radius 3 is 0.301 bits per heavy atom. The first-order chi connectivity index (χ1) is 36.4. The van der Waals surface area contributed by atoms with Gasteiger partial charge in [-0.1, -0.05) is 6.92 Å². The molecular formula is C49H101NO23. The van der Waals surface area contributed by atoms with Crippen LogP contribution in [0.25, 0.3) is 0 Å². The Bertz CT molecular complexity index is 876. The van der Waals surface area contributed by atoms with Gasteiger partial charge >= 0.3 is 0 Å². The highest BCUT2D eigenvalue weighted by Crippen LogP contribution is 1.91. The van der Waals surface area contributed by atoms with Crippen molar-refractivity contribution in [2.75, 3.05) is 310 Å². The van der Waals surface area contributed by atoms with Gasteiger partial charge in [0.15, 0.2) is 0 Å². The second kappa shape index (κ2) is 71.0. The molecule has 2 N–H and O–H groups in total. The average Bonchev–Trinajstić information content (AvgIpc) is 3.40. The lowest BCUT2D eigenvalue weighted by atomic mass is 10.5. The molecule has 0 amide bonds. The van der Waals surface area contributed by atoms with Crippen LogP contribution in [0.4, 0.5) is 0 Å². The van der Waals surface area contributed by atoms with Crippen LogP contribution < -0.4 is 5.73 Å². The van der Waals surface area contributed by atoms with Crippen LogP contribution in [-0.2, 0) is 109 Å². The van der Waals surface area contributed by atoms with E-state index in [4.69, 9.17) is 115 Å². The second-order valence-electron chi connectivity index (χ2n) is 14.9. The van der Waals surface area contributed by atoms with Gasteiger partial charge in [-0.15, -0.1) is 0 Å². The molecule has 0 fully saturated rings. The topological polar surface area (TPSA) is 238 Å². The molecule has 440 valence electrons. The molecule has 0 bridgehead atoms. The van der Waals surface area contributed by atoms with Gasteiger partial charge in [0, 0.05) is 13.2 Å². The molecule has 24 nitrogen and oxygen atoms in total. The molecule has 73 heavy (non-hydrogen) atoms. The van der Waals surface area contributed by atoms with Crippen LogP contribution in [0, 0.1) is 0 Å². The van der Waals surface area contributed by atoms with Crippen LogP contribution in [0.5, 0.6) is 0 Å². The molecule has 0 heterocycles. The van der Waals surface area contributed by atoms with Crippen LogP contribution in [0.3, 0.4) is 0 Å². The lowest BCUT2D eigenvalue weighted by Crippen LogP contribution is -2.16. The van der Waals surface area contributed by atoms with Gasteiger partial charge in [0.05, 0.1) is 297 Å². The summed E-state index contributed by atoms with van der Waals surface area (Å²) >= 11 is 0. The summed E-state index contributed by atoms with van der Waals surface area (Å²) in [5.41, 5.74) is 5.34. The highest BCUT2D eigenvalue weighted by atomic mass is 16.6. The highest BCUT2D eigenvalue weighted by molar-refractivity contribution is 4.43. The Hall–Kier alpha value is -0.960. The zero-order valence-electron chi connectivity index (χ0n) is 44.9. The van der Waals surface area contributed by atoms with E-state index < -0.39 is 0 Å². The van der Waals surface area contributed by atoms with Crippen molar-refractivity contribution < 1.29 is 109 Å². The zero-order valence-corrected chi connectivity index (χ0v) is 44.9. The van der Waals surface area contributed by atoms with Gasteiger partial charge in [0.25, 0.3) is 0 Å². The predicted octanol–water partition coefficient (Wildman–Crippen LogP) is 0.737. The van der Waals surface area contributed by atoms with E-state index in [2.05, 4.69) is 6.92 Å². The molecule has 0 saturated heterocycles. The lowest BCUT2D eigenvalue weighted by molar-refractivity contribution is -0.0318. The maximum absolute atomic E-state index is 5.52. The number of hydrogen-bond acceptors (Lipinski definition) is 24. The fourth-order valence-corrected chi connectivity index (χ4v) is 5.17. The highest BCUT2D eigenvalue weighted by Gasteiger charge is 2.00. The standard InChI is InChI=1S/C49H101NO23/c1-2-4-51-6-8-53-10-12-55-14-16-57-18-20-59-22-24-61-26-28-63-30-32-65-34-36-67-38-40-69-42-44-71-46-48-73-49-47-72-45-43-70-41-39-68-37-35-66-33-31-64-29-27-62-25-23-60-21-19-58-17-15-56-13-11-54-9-7-52-5-3-50/h2-50H2,1H3. The van der Waals surface area contributed by atoms with Crippen molar-refractivity contribution in [2.45, 2.75) is 13.3 Å². The smallest absolute Gasteiger partial charge is 0.0701 e. The molecule has 0 radical (unpaired) electrons. The average molecular weight is 1070 g/mol. The molecule has 0 aromatic carbocycles. The first-order valence-corrected chi connectivity index (χ1v) is 26.4. The summed E-state index contributed by atoms with van der Waals surface area (Å²) in [6, 6.07) is 0. The van der Waals surface area contributed by atoms with Crippen molar-refractivity contribution in [3.63, 3.8) is 0 Å². The van der Waals surface area contributed by atoms with Crippen molar-refractivity contribution in [1.82, 2.24) is 0 Å². The van der Waals surface area contributed by atoms with Gasteiger partial charge < -0.3 is 115 Å². The van der Waals surface area contributed by atoms with Crippen molar-refractivity contribution in [3.05, 3.63) is 0 Å². The zero-order chi connectivity index (χ0) is 52.2. The van der Waals surface area contributed by atoms with E-state index in [-0.39, 0.29) is 0 Å². The summed E-state index contributed by atoms with van der Waals surface area (Å²) < 4.78 is 126. The van der Waals surface area contributed by atoms with Gasteiger partial charge in [-0.05, 0) is 6.42 Å². The van der Waals surface area contributed by atoms with Gasteiger partial charge in [-0.25, -0.2) is 0 Å². The largest absolute Gasteiger partial charge is 0.379 e. The van der Waals surface area contributed by atoms with Gasteiger partial charge in [0.1, 0.15) is 0 Å². The molecule has 0 spiro atoms. The summed E-state index contributed by atoms with van der Waals surface area (Å²) in [5, 5.41) is 0. The Morgan fingerprint density at radius 1 is 0.137 bits per heavy atom. The van der Waals surface area contributed by atoms with E-state index in [9.17, 15) is 0 Å². The normalized spacial score (nSPS) is 11.8. The molecule has 0 aromatic rings. The van der Waals surface area contributed by atoms with E-state index in [0.717, 1.165) is 13.0 Å². The molecule has 0 aliphatic heterocycles. The Kier molecular flexibility index (Phi) is 70.1. The summed E-state index contributed by atoms with van der Waals surface area (Å²) in [6.45, 7) is 26.3. The molecule has 0 saturated carbocycles. The van der Waals surface area contributed by atoms with Crippen molar-refractivity contribution >= 4 is 0 Å². The maximum Gasteiger partial charge on any atom is 0.0701 e. The molecular weight excluding hydrogens is 971 g/mol. The van der Waals surface area contributed by atoms with Crippen LogP contribution in [-0.4, -0.2) is 310 Å². The van der Waals surface area contributed by atoms with E-state index in [1.165, 1.54) is 0 Å². The van der Waals surface area contributed by atoms with E-state index in [1.54, 1.807) is 0 Å². The molecule has 0 aliphatic rings. The number of rotatable bonds is 70. The third-order valence-electron chi connectivity index (χ3n) is 8.79. The minimum absolute atomic E-state index is 0.489. The van der Waals surface area contributed by atoms with Crippen molar-refractivity contribution in [2.24, 2.45) is 5.73 Å². The third-order valence-corrected chi connectivity index (χ3v) is 8.79. The number of hydrogen-bond donors (Lipinski definition) is 1. The molecule has 0 unspecified atom stereocenters. The SMILES string of the molecule is CCCOCCOCCOCCOCCOCCOCCOCCOCCOCCOCCOCCOCCOCCOCCOCCOCCOCCOCCOCCOCCOCCOCCOCCN. The molecule has 24 heteroatoms. The Labute approximate surface area is 437 Å². The predicted molar refractivity (Wildman–Crippen MR) is 268 cm³/mol. The minimum atomic E-state index is 0.489. The second-order valence-corrected chi connectivity index (χ2v) is 14.9. The van der Waals surface area contributed by atoms with E-state index in [0.29, 0.717) is 304 Å².